The fourth-order valence-electron chi connectivity index (χ4n) is 0.962. The monoisotopic (exact) mass is 208 g/mol. The Kier molecular flexibility index (Phi) is 3.68. The van der Waals surface area contributed by atoms with Crippen LogP contribution in [0.25, 0.3) is 0 Å². The van der Waals surface area contributed by atoms with Crippen molar-refractivity contribution in [2.45, 2.75) is 13.3 Å². The molecule has 0 fully saturated rings. The zero-order valence-electron chi connectivity index (χ0n) is 8.27. The smallest absolute Gasteiger partial charge is 0.275 e. The third kappa shape index (κ3) is 2.98. The van der Waals surface area contributed by atoms with Gasteiger partial charge in [0.2, 0.25) is 0 Å². The molecule has 1 aromatic carbocycles. The number of hydrazone groups is 1. The number of nitrogens with zero attached hydrogens (tertiary/aromatic N) is 1. The fraction of sp³-hybridized carbons (Fsp3) is 0.200. The molecule has 15 heavy (non-hydrogen) atoms. The van der Waals surface area contributed by atoms with Gasteiger partial charge in [0.15, 0.2) is 0 Å². The highest BCUT2D eigenvalue weighted by Gasteiger charge is 2.10. The second kappa shape index (κ2) is 4.99. The van der Waals surface area contributed by atoms with Crippen LogP contribution in [0.1, 0.15) is 23.7 Å². The molecule has 0 atom stereocenters. The summed E-state index contributed by atoms with van der Waals surface area (Å²) in [6.07, 6.45) is 2.23. The van der Waals surface area contributed by atoms with E-state index in [4.69, 9.17) is 5.11 Å². The Morgan fingerprint density at radius 1 is 1.53 bits per heavy atom. The number of hydrogen-bond acceptors (Lipinski definition) is 4. The van der Waals surface area contributed by atoms with E-state index in [2.05, 4.69) is 10.5 Å². The normalized spacial score (nSPS) is 10.5. The largest absolute Gasteiger partial charge is 0.508 e. The molecule has 0 unspecified atom stereocenters. The molecule has 0 aliphatic carbocycles. The molecule has 0 radical (unpaired) electrons. The first-order valence-corrected chi connectivity index (χ1v) is 4.49. The minimum atomic E-state index is -0.562. The molecule has 0 spiro atoms. The van der Waals surface area contributed by atoms with Gasteiger partial charge in [0.05, 0.1) is 5.56 Å². The van der Waals surface area contributed by atoms with Crippen LogP contribution in [0.15, 0.2) is 23.3 Å². The van der Waals surface area contributed by atoms with Crippen molar-refractivity contribution in [3.05, 3.63) is 23.8 Å². The lowest BCUT2D eigenvalue weighted by atomic mass is 10.2. The maximum atomic E-state index is 11.4. The number of amides is 1. The molecule has 5 heteroatoms. The van der Waals surface area contributed by atoms with E-state index in [1.165, 1.54) is 24.4 Å². The number of nitrogens with one attached hydrogen (secondary N) is 1. The Balaban J connectivity index is 2.81. The highest BCUT2D eigenvalue weighted by molar-refractivity contribution is 5.97. The highest BCUT2D eigenvalue weighted by Crippen LogP contribution is 2.21. The molecule has 0 saturated carbocycles. The molecule has 1 rings (SSSR count). The van der Waals surface area contributed by atoms with E-state index in [0.29, 0.717) is 6.42 Å². The average molecular weight is 208 g/mol. The van der Waals surface area contributed by atoms with Gasteiger partial charge >= 0.3 is 0 Å². The first-order valence-electron chi connectivity index (χ1n) is 4.49. The summed E-state index contributed by atoms with van der Waals surface area (Å²) in [5.41, 5.74) is 2.22. The van der Waals surface area contributed by atoms with Gasteiger partial charge in [-0.3, -0.25) is 4.79 Å². The van der Waals surface area contributed by atoms with Gasteiger partial charge in [0.1, 0.15) is 11.5 Å². The van der Waals surface area contributed by atoms with Gasteiger partial charge in [-0.05, 0) is 24.6 Å². The fourth-order valence-corrected chi connectivity index (χ4v) is 0.962. The summed E-state index contributed by atoms with van der Waals surface area (Å²) in [5, 5.41) is 22.1. The van der Waals surface area contributed by atoms with Crippen molar-refractivity contribution < 1.29 is 15.0 Å². The minimum absolute atomic E-state index is 0.0109. The lowest BCUT2D eigenvalue weighted by Crippen LogP contribution is -2.17. The van der Waals surface area contributed by atoms with Crippen LogP contribution in [0.3, 0.4) is 0 Å². The molecule has 0 aliphatic rings. The number of phenols is 2. The molecule has 1 amide bonds. The van der Waals surface area contributed by atoms with E-state index >= 15 is 0 Å². The summed E-state index contributed by atoms with van der Waals surface area (Å²) in [7, 11) is 0. The number of carbonyl (C=O) groups is 1. The molecular formula is C10H12N2O3. The molecule has 0 heterocycles. The van der Waals surface area contributed by atoms with Gasteiger partial charge in [0.25, 0.3) is 5.91 Å². The zero-order valence-corrected chi connectivity index (χ0v) is 8.27. The van der Waals surface area contributed by atoms with Crippen LogP contribution in [0, 0.1) is 0 Å². The Labute approximate surface area is 87.1 Å². The van der Waals surface area contributed by atoms with Crippen LogP contribution in [0.5, 0.6) is 11.5 Å². The molecular weight excluding hydrogens is 196 g/mol. The van der Waals surface area contributed by atoms with Gasteiger partial charge in [0, 0.05) is 6.21 Å². The highest BCUT2D eigenvalue weighted by atomic mass is 16.3. The number of phenolic OH excluding ortho intramolecular Hbond substituents is 2. The maximum Gasteiger partial charge on any atom is 0.275 e. The molecule has 5 nitrogen and oxygen atoms in total. The van der Waals surface area contributed by atoms with E-state index in [0.717, 1.165) is 0 Å². The summed E-state index contributed by atoms with van der Waals surface area (Å²) in [4.78, 5) is 11.4. The number of aromatic hydroxyl groups is 2. The number of benzene rings is 1. The Morgan fingerprint density at radius 3 is 2.93 bits per heavy atom. The van der Waals surface area contributed by atoms with E-state index in [1.54, 1.807) is 0 Å². The third-order valence-electron chi connectivity index (χ3n) is 1.66. The predicted octanol–water partition coefficient (Wildman–Crippen LogP) is 1.22. The van der Waals surface area contributed by atoms with Crippen molar-refractivity contribution in [1.82, 2.24) is 5.43 Å². The zero-order chi connectivity index (χ0) is 11.3. The van der Waals surface area contributed by atoms with Gasteiger partial charge < -0.3 is 10.2 Å². The lowest BCUT2D eigenvalue weighted by molar-refractivity contribution is 0.0952. The molecule has 1 aromatic rings. The number of rotatable bonds is 3. The van der Waals surface area contributed by atoms with Crippen molar-refractivity contribution in [3.8, 4) is 11.5 Å². The number of carbonyl (C=O) groups excluding carboxylic acids is 1. The molecule has 3 N–H and O–H groups in total. The number of hydrogen-bond donors (Lipinski definition) is 3. The van der Waals surface area contributed by atoms with Crippen molar-refractivity contribution in [2.24, 2.45) is 5.10 Å². The summed E-state index contributed by atoms with van der Waals surface area (Å²) >= 11 is 0. The van der Waals surface area contributed by atoms with Crippen LogP contribution < -0.4 is 5.43 Å². The summed E-state index contributed by atoms with van der Waals surface area (Å²) < 4.78 is 0. The van der Waals surface area contributed by atoms with Gasteiger partial charge in [-0.1, -0.05) is 6.92 Å². The lowest BCUT2D eigenvalue weighted by Gasteiger charge is -2.02. The van der Waals surface area contributed by atoms with E-state index in [9.17, 15) is 9.90 Å². The van der Waals surface area contributed by atoms with Gasteiger partial charge in [-0.15, -0.1) is 0 Å². The topological polar surface area (TPSA) is 81.9 Å². The average Bonchev–Trinajstić information content (AvgIpc) is 2.22. The molecule has 0 bridgehead atoms. The maximum absolute atomic E-state index is 11.4. The van der Waals surface area contributed by atoms with E-state index in [-0.39, 0.29) is 17.1 Å². The van der Waals surface area contributed by atoms with Crippen molar-refractivity contribution in [1.29, 1.82) is 0 Å². The second-order valence-corrected chi connectivity index (χ2v) is 2.86. The quantitative estimate of drug-likeness (QED) is 0.397. The Hall–Kier alpha value is -2.04. The summed E-state index contributed by atoms with van der Waals surface area (Å²) in [6, 6.07) is 3.71. The SMILES string of the molecule is CC/C=N\NC(=O)c1cc(O)ccc1O. The van der Waals surface area contributed by atoms with Crippen LogP contribution >= 0.6 is 0 Å². The van der Waals surface area contributed by atoms with E-state index < -0.39 is 5.91 Å². The van der Waals surface area contributed by atoms with Gasteiger partial charge in [-0.2, -0.15) is 5.10 Å². The standard InChI is InChI=1S/C10H12N2O3/c1-2-5-11-12-10(15)8-6-7(13)3-4-9(8)14/h3-6,13-14H,2H2,1H3,(H,12,15)/b11-5-. The Morgan fingerprint density at radius 2 is 2.27 bits per heavy atom. The Bertz CT molecular complexity index is 388. The first-order chi connectivity index (χ1) is 7.15. The van der Waals surface area contributed by atoms with Crippen LogP contribution in [-0.4, -0.2) is 22.3 Å². The minimum Gasteiger partial charge on any atom is -0.508 e. The van der Waals surface area contributed by atoms with Crippen molar-refractivity contribution in [3.63, 3.8) is 0 Å². The molecule has 80 valence electrons. The van der Waals surface area contributed by atoms with Gasteiger partial charge in [-0.25, -0.2) is 5.43 Å². The first kappa shape index (κ1) is 11.0. The molecule has 0 aliphatic heterocycles. The molecule has 0 aromatic heterocycles. The van der Waals surface area contributed by atoms with Crippen LogP contribution in [-0.2, 0) is 0 Å². The van der Waals surface area contributed by atoms with Crippen molar-refractivity contribution >= 4 is 12.1 Å². The second-order valence-electron chi connectivity index (χ2n) is 2.86. The third-order valence-corrected chi connectivity index (χ3v) is 1.66. The predicted molar refractivity (Wildman–Crippen MR) is 56.0 cm³/mol. The van der Waals surface area contributed by atoms with Crippen LogP contribution in [0.2, 0.25) is 0 Å². The molecule has 0 saturated heterocycles. The van der Waals surface area contributed by atoms with Crippen LogP contribution in [0.4, 0.5) is 0 Å². The summed E-state index contributed by atoms with van der Waals surface area (Å²) in [5.74, 6) is -0.845. The summed E-state index contributed by atoms with van der Waals surface area (Å²) in [6.45, 7) is 1.88. The van der Waals surface area contributed by atoms with Crippen molar-refractivity contribution in [2.75, 3.05) is 0 Å². The van der Waals surface area contributed by atoms with E-state index in [1.807, 2.05) is 6.92 Å².